The van der Waals surface area contributed by atoms with Gasteiger partial charge in [0.1, 0.15) is 0 Å². The van der Waals surface area contributed by atoms with Crippen molar-refractivity contribution in [2.45, 2.75) is 0 Å². The van der Waals surface area contributed by atoms with Gasteiger partial charge in [0.15, 0.2) is 0 Å². The van der Waals surface area contributed by atoms with Crippen molar-refractivity contribution in [1.82, 2.24) is 4.57 Å². The normalized spacial score (nSPS) is 11.2. The number of hydrogen-bond donors (Lipinski definition) is 0. The Kier molecular flexibility index (Phi) is 9.57. The van der Waals surface area contributed by atoms with Crippen LogP contribution in [0.5, 0.6) is 0 Å². The first-order chi connectivity index (χ1) is 30.8. The summed E-state index contributed by atoms with van der Waals surface area (Å²) >= 11 is 0. The Morgan fingerprint density at radius 1 is 0.258 bits per heavy atom. The van der Waals surface area contributed by atoms with Gasteiger partial charge >= 0.3 is 0 Å². The van der Waals surface area contributed by atoms with E-state index in [-0.39, 0.29) is 0 Å². The van der Waals surface area contributed by atoms with E-state index in [1.165, 1.54) is 66.4 Å². The maximum absolute atomic E-state index is 2.45. The molecule has 0 fully saturated rings. The van der Waals surface area contributed by atoms with E-state index in [0.717, 1.165) is 33.8 Å². The van der Waals surface area contributed by atoms with Crippen LogP contribution in [0.3, 0.4) is 0 Å². The van der Waals surface area contributed by atoms with E-state index >= 15 is 0 Å². The standard InChI is InChI=1S/C60H42N2/c1-5-19-43(20-6-1)44-33-35-48(36-34-44)61(58-31-17-15-29-54(58)53-28-14-13-27-51(53)45-21-7-2-8-22-45)50-38-40-56-55-30-16-18-32-59(55)62(60(56)42-50)49-37-39-52(46-23-9-3-10-24-46)57(41-49)47-25-11-4-12-26-47/h1-42H. The second kappa shape index (κ2) is 16.1. The molecule has 0 bridgehead atoms. The minimum absolute atomic E-state index is 1.07. The topological polar surface area (TPSA) is 8.17 Å². The van der Waals surface area contributed by atoms with Gasteiger partial charge in [-0.2, -0.15) is 0 Å². The average molecular weight is 791 g/mol. The molecule has 1 heterocycles. The van der Waals surface area contributed by atoms with Gasteiger partial charge in [-0.25, -0.2) is 0 Å². The SMILES string of the molecule is c1ccc(-c2ccc(N(c3ccc4c5ccccc5n(-c5ccc(-c6ccccc6)c(-c6ccccc6)c5)c4c3)c3ccccc3-c3ccccc3-c3ccccc3)cc2)cc1. The Morgan fingerprint density at radius 2 is 0.726 bits per heavy atom. The lowest BCUT2D eigenvalue weighted by molar-refractivity contribution is 1.18. The van der Waals surface area contributed by atoms with Gasteiger partial charge in [0.2, 0.25) is 0 Å². The van der Waals surface area contributed by atoms with Gasteiger partial charge in [-0.05, 0) is 98.6 Å². The summed E-state index contributed by atoms with van der Waals surface area (Å²) in [5, 5.41) is 2.43. The number of aromatic nitrogens is 1. The minimum atomic E-state index is 1.07. The summed E-state index contributed by atoms with van der Waals surface area (Å²) < 4.78 is 2.45. The van der Waals surface area contributed by atoms with E-state index in [2.05, 4.69) is 264 Å². The molecule has 1 aromatic heterocycles. The Bertz CT molecular complexity index is 3310. The van der Waals surface area contributed by atoms with Crippen LogP contribution in [0.1, 0.15) is 0 Å². The van der Waals surface area contributed by atoms with Crippen molar-refractivity contribution in [2.75, 3.05) is 4.90 Å². The molecule has 0 saturated heterocycles. The number of hydrogen-bond acceptors (Lipinski definition) is 1. The summed E-state index contributed by atoms with van der Waals surface area (Å²) in [6.07, 6.45) is 0. The number of nitrogens with zero attached hydrogens (tertiary/aromatic N) is 2. The number of benzene rings is 10. The van der Waals surface area contributed by atoms with Gasteiger partial charge in [0.05, 0.1) is 16.7 Å². The molecule has 0 atom stereocenters. The van der Waals surface area contributed by atoms with Gasteiger partial charge in [0.25, 0.3) is 0 Å². The van der Waals surface area contributed by atoms with E-state index in [0.29, 0.717) is 0 Å². The Morgan fingerprint density at radius 3 is 1.39 bits per heavy atom. The molecule has 0 saturated carbocycles. The third-order valence-corrected chi connectivity index (χ3v) is 12.0. The summed E-state index contributed by atoms with van der Waals surface area (Å²) in [5.41, 5.74) is 18.6. The zero-order valence-corrected chi connectivity index (χ0v) is 34.1. The maximum Gasteiger partial charge on any atom is 0.0561 e. The molecular weight excluding hydrogens is 749 g/mol. The molecule has 2 nitrogen and oxygen atoms in total. The lowest BCUT2D eigenvalue weighted by atomic mass is 9.93. The van der Waals surface area contributed by atoms with Crippen LogP contribution in [-0.4, -0.2) is 4.57 Å². The van der Waals surface area contributed by atoms with Crippen molar-refractivity contribution >= 4 is 38.9 Å². The molecule has 0 aliphatic rings. The van der Waals surface area contributed by atoms with Gasteiger partial charge in [-0.1, -0.05) is 206 Å². The fraction of sp³-hybridized carbons (Fsp3) is 0. The zero-order valence-electron chi connectivity index (χ0n) is 34.1. The molecule has 0 aliphatic heterocycles. The number of rotatable bonds is 9. The van der Waals surface area contributed by atoms with Crippen LogP contribution in [-0.2, 0) is 0 Å². The number of fused-ring (bicyclic) bond motifs is 3. The maximum atomic E-state index is 2.45. The summed E-state index contributed by atoms with van der Waals surface area (Å²) in [6.45, 7) is 0. The zero-order chi connectivity index (χ0) is 41.2. The molecular formula is C60H42N2. The van der Waals surface area contributed by atoms with Crippen molar-refractivity contribution in [1.29, 1.82) is 0 Å². The van der Waals surface area contributed by atoms with E-state index in [1.54, 1.807) is 0 Å². The quantitative estimate of drug-likeness (QED) is 0.141. The fourth-order valence-electron chi connectivity index (χ4n) is 9.12. The highest BCUT2D eigenvalue weighted by Gasteiger charge is 2.22. The molecule has 0 spiro atoms. The highest BCUT2D eigenvalue weighted by Crippen LogP contribution is 2.46. The lowest BCUT2D eigenvalue weighted by Gasteiger charge is -2.29. The molecule has 0 unspecified atom stereocenters. The van der Waals surface area contributed by atoms with Crippen LogP contribution in [0.15, 0.2) is 255 Å². The van der Waals surface area contributed by atoms with Crippen molar-refractivity contribution in [3.05, 3.63) is 255 Å². The molecule has 292 valence electrons. The molecule has 0 aliphatic carbocycles. The lowest BCUT2D eigenvalue weighted by Crippen LogP contribution is -2.11. The molecule has 62 heavy (non-hydrogen) atoms. The van der Waals surface area contributed by atoms with Crippen molar-refractivity contribution < 1.29 is 0 Å². The first kappa shape index (κ1) is 36.8. The third kappa shape index (κ3) is 6.74. The molecule has 11 aromatic rings. The molecule has 10 aromatic carbocycles. The smallest absolute Gasteiger partial charge is 0.0561 e. The third-order valence-electron chi connectivity index (χ3n) is 12.0. The fourth-order valence-corrected chi connectivity index (χ4v) is 9.12. The Hall–Kier alpha value is -8.20. The van der Waals surface area contributed by atoms with Crippen LogP contribution < -0.4 is 4.90 Å². The molecule has 2 heteroatoms. The molecule has 0 N–H and O–H groups in total. The predicted octanol–water partition coefficient (Wildman–Crippen LogP) is 16.6. The van der Waals surface area contributed by atoms with Crippen molar-refractivity contribution in [3.8, 4) is 61.3 Å². The molecule has 0 radical (unpaired) electrons. The highest BCUT2D eigenvalue weighted by atomic mass is 15.1. The van der Waals surface area contributed by atoms with Gasteiger partial charge in [-0.3, -0.25) is 0 Å². The Labute approximate surface area is 362 Å². The van der Waals surface area contributed by atoms with E-state index < -0.39 is 0 Å². The Balaban J connectivity index is 1.14. The largest absolute Gasteiger partial charge is 0.310 e. The van der Waals surface area contributed by atoms with E-state index in [9.17, 15) is 0 Å². The summed E-state index contributed by atoms with van der Waals surface area (Å²) in [6, 6.07) is 92.1. The van der Waals surface area contributed by atoms with Crippen LogP contribution in [0, 0.1) is 0 Å². The highest BCUT2D eigenvalue weighted by molar-refractivity contribution is 6.11. The van der Waals surface area contributed by atoms with E-state index in [4.69, 9.17) is 0 Å². The van der Waals surface area contributed by atoms with Crippen molar-refractivity contribution in [2.24, 2.45) is 0 Å². The number of para-hydroxylation sites is 2. The molecule has 11 rings (SSSR count). The first-order valence-electron chi connectivity index (χ1n) is 21.3. The van der Waals surface area contributed by atoms with Crippen LogP contribution in [0.2, 0.25) is 0 Å². The van der Waals surface area contributed by atoms with Gasteiger partial charge in [-0.15, -0.1) is 0 Å². The second-order valence-electron chi connectivity index (χ2n) is 15.7. The minimum Gasteiger partial charge on any atom is -0.310 e. The van der Waals surface area contributed by atoms with E-state index in [1.807, 2.05) is 0 Å². The van der Waals surface area contributed by atoms with Crippen LogP contribution in [0.4, 0.5) is 17.1 Å². The van der Waals surface area contributed by atoms with Gasteiger partial charge in [0, 0.05) is 33.4 Å². The monoisotopic (exact) mass is 790 g/mol. The summed E-state index contributed by atoms with van der Waals surface area (Å²) in [4.78, 5) is 2.43. The van der Waals surface area contributed by atoms with Crippen molar-refractivity contribution in [3.63, 3.8) is 0 Å². The second-order valence-corrected chi connectivity index (χ2v) is 15.7. The van der Waals surface area contributed by atoms with Crippen LogP contribution >= 0.6 is 0 Å². The predicted molar refractivity (Wildman–Crippen MR) is 263 cm³/mol. The van der Waals surface area contributed by atoms with Crippen LogP contribution in [0.25, 0.3) is 83.1 Å². The average Bonchev–Trinajstić information content (AvgIpc) is 3.69. The van der Waals surface area contributed by atoms with Gasteiger partial charge < -0.3 is 9.47 Å². The summed E-state index contributed by atoms with van der Waals surface area (Å²) in [5.74, 6) is 0. The number of anilines is 3. The first-order valence-corrected chi connectivity index (χ1v) is 21.3. The summed E-state index contributed by atoms with van der Waals surface area (Å²) in [7, 11) is 0. The molecule has 0 amide bonds.